The summed E-state index contributed by atoms with van der Waals surface area (Å²) in [5.74, 6) is 0.229. The highest BCUT2D eigenvalue weighted by Gasteiger charge is 2.49. The first-order valence-corrected chi connectivity index (χ1v) is 12.6. The van der Waals surface area contributed by atoms with E-state index < -0.39 is 0 Å². The topological polar surface area (TPSA) is 18.8 Å². The molecule has 0 N–H and O–H groups in total. The molecule has 0 aliphatic carbocycles. The molecule has 4 heteroatoms. The van der Waals surface area contributed by atoms with Gasteiger partial charge in [0.2, 0.25) is 0 Å². The van der Waals surface area contributed by atoms with Gasteiger partial charge in [0.15, 0.2) is 0 Å². The molecule has 2 aromatic rings. The standard InChI is InChI=1S/C30H38BN3/c1-28(2,3)20-18-22(29(4,5)6)27(23(19-20)30(7,8)9)34-17-16-33-25-13-11-10-12-21(25)26-24(31(33)34)14-15-32-26/h10-19,24H,1-9H3. The summed E-state index contributed by atoms with van der Waals surface area (Å²) in [7, 11) is 0. The minimum Gasteiger partial charge on any atom is -0.369 e. The number of para-hydroxylation sites is 1. The Morgan fingerprint density at radius 2 is 1.35 bits per heavy atom. The first kappa shape index (κ1) is 23.0. The molecule has 0 spiro atoms. The van der Waals surface area contributed by atoms with E-state index in [-0.39, 0.29) is 29.0 Å². The normalized spacial score (nSPS) is 19.4. The monoisotopic (exact) mass is 451 g/mol. The maximum absolute atomic E-state index is 4.83. The summed E-state index contributed by atoms with van der Waals surface area (Å²) in [5.41, 5.74) is 9.36. The number of benzene rings is 2. The molecule has 3 heterocycles. The highest BCUT2D eigenvalue weighted by Crippen LogP contribution is 2.49. The molecule has 0 radical (unpaired) electrons. The van der Waals surface area contributed by atoms with E-state index in [2.05, 4.69) is 127 Å². The lowest BCUT2D eigenvalue weighted by atomic mass is 9.54. The second-order valence-corrected chi connectivity index (χ2v) is 13.1. The molecule has 34 heavy (non-hydrogen) atoms. The molecule has 1 atom stereocenters. The summed E-state index contributed by atoms with van der Waals surface area (Å²) in [6.45, 7) is 21.2. The zero-order valence-corrected chi connectivity index (χ0v) is 22.3. The molecular weight excluding hydrogens is 413 g/mol. The molecule has 176 valence electrons. The van der Waals surface area contributed by atoms with E-state index in [0.29, 0.717) is 0 Å². The second-order valence-electron chi connectivity index (χ2n) is 13.1. The Morgan fingerprint density at radius 1 is 0.765 bits per heavy atom. The van der Waals surface area contributed by atoms with Crippen molar-refractivity contribution in [2.24, 2.45) is 4.99 Å². The van der Waals surface area contributed by atoms with Crippen LogP contribution in [-0.4, -0.2) is 12.7 Å². The van der Waals surface area contributed by atoms with Crippen LogP contribution in [0.5, 0.6) is 0 Å². The van der Waals surface area contributed by atoms with Crippen molar-refractivity contribution in [1.82, 2.24) is 0 Å². The molecule has 0 aromatic heterocycles. The predicted octanol–water partition coefficient (Wildman–Crippen LogP) is 7.57. The van der Waals surface area contributed by atoms with Gasteiger partial charge in [-0.25, -0.2) is 0 Å². The number of aliphatic imine (C=N–C) groups is 1. The second kappa shape index (κ2) is 7.37. The molecule has 0 saturated heterocycles. The summed E-state index contributed by atoms with van der Waals surface area (Å²) < 4.78 is 0. The number of nitrogens with zero attached hydrogens (tertiary/aromatic N) is 3. The Balaban J connectivity index is 1.76. The van der Waals surface area contributed by atoms with Crippen molar-refractivity contribution in [1.29, 1.82) is 0 Å². The SMILES string of the molecule is CC(C)(C)c1cc(C(C)(C)C)c(N2C=CN3B2C2C=CN=C2c2ccccc23)c(C(C)(C)C)c1. The van der Waals surface area contributed by atoms with Crippen molar-refractivity contribution in [2.75, 3.05) is 9.62 Å². The van der Waals surface area contributed by atoms with Crippen LogP contribution in [-0.2, 0) is 16.2 Å². The fourth-order valence-corrected chi connectivity index (χ4v) is 5.52. The molecule has 2 aromatic carbocycles. The molecule has 0 amide bonds. The predicted molar refractivity (Wildman–Crippen MR) is 148 cm³/mol. The summed E-state index contributed by atoms with van der Waals surface area (Å²) in [4.78, 5) is 9.82. The molecule has 0 bridgehead atoms. The smallest absolute Gasteiger partial charge is 0.369 e. The van der Waals surface area contributed by atoms with Gasteiger partial charge in [0, 0.05) is 41.4 Å². The van der Waals surface area contributed by atoms with Crippen molar-refractivity contribution in [3.63, 3.8) is 0 Å². The first-order chi connectivity index (χ1) is 15.8. The molecule has 3 nitrogen and oxygen atoms in total. The van der Waals surface area contributed by atoms with E-state index in [1.807, 2.05) is 6.20 Å². The van der Waals surface area contributed by atoms with Crippen LogP contribution in [0.1, 0.15) is 84.6 Å². The minimum absolute atomic E-state index is 0.00681. The van der Waals surface area contributed by atoms with E-state index in [4.69, 9.17) is 4.99 Å². The minimum atomic E-state index is 0.00681. The maximum Gasteiger partial charge on any atom is 0.397 e. The van der Waals surface area contributed by atoms with Gasteiger partial charge in [0.1, 0.15) is 0 Å². The zero-order valence-electron chi connectivity index (χ0n) is 22.3. The fraction of sp³-hybridized carbons (Fsp3) is 0.433. The van der Waals surface area contributed by atoms with Gasteiger partial charge in [-0.2, -0.15) is 0 Å². The number of anilines is 2. The Bertz CT molecular complexity index is 1200. The summed E-state index contributed by atoms with van der Waals surface area (Å²) >= 11 is 0. The maximum atomic E-state index is 4.83. The van der Waals surface area contributed by atoms with Crippen LogP contribution in [0.2, 0.25) is 5.82 Å². The number of fused-ring (bicyclic) bond motifs is 6. The Morgan fingerprint density at radius 3 is 1.94 bits per heavy atom. The zero-order chi connectivity index (χ0) is 24.6. The van der Waals surface area contributed by atoms with Gasteiger partial charge in [-0.05, 0) is 39.0 Å². The third-order valence-corrected chi connectivity index (χ3v) is 7.41. The van der Waals surface area contributed by atoms with Gasteiger partial charge in [-0.15, -0.1) is 0 Å². The number of hydrogen-bond acceptors (Lipinski definition) is 3. The van der Waals surface area contributed by atoms with E-state index in [0.717, 1.165) is 0 Å². The van der Waals surface area contributed by atoms with E-state index in [9.17, 15) is 0 Å². The first-order valence-electron chi connectivity index (χ1n) is 12.6. The lowest BCUT2D eigenvalue weighted by molar-refractivity contribution is 0.550. The lowest BCUT2D eigenvalue weighted by Crippen LogP contribution is -2.53. The van der Waals surface area contributed by atoms with Crippen LogP contribution in [0, 0.1) is 0 Å². The van der Waals surface area contributed by atoms with Gasteiger partial charge >= 0.3 is 6.98 Å². The molecular formula is C30H38BN3. The quantitative estimate of drug-likeness (QED) is 0.417. The molecule has 0 saturated carbocycles. The Labute approximate surface area is 206 Å². The average molecular weight is 451 g/mol. The van der Waals surface area contributed by atoms with Gasteiger partial charge < -0.3 is 9.62 Å². The molecule has 1 unspecified atom stereocenters. The number of hydrogen-bond donors (Lipinski definition) is 0. The van der Waals surface area contributed by atoms with Gasteiger partial charge in [-0.3, -0.25) is 4.99 Å². The summed E-state index contributed by atoms with van der Waals surface area (Å²) in [6.07, 6.45) is 8.84. The molecule has 5 rings (SSSR count). The third kappa shape index (κ3) is 3.54. The fourth-order valence-electron chi connectivity index (χ4n) is 5.52. The van der Waals surface area contributed by atoms with E-state index in [1.165, 1.54) is 39.3 Å². The highest BCUT2D eigenvalue weighted by molar-refractivity contribution is 6.77. The largest absolute Gasteiger partial charge is 0.397 e. The highest BCUT2D eigenvalue weighted by atomic mass is 15.3. The molecule has 0 fully saturated rings. The van der Waals surface area contributed by atoms with Crippen LogP contribution in [0.3, 0.4) is 0 Å². The van der Waals surface area contributed by atoms with Crippen molar-refractivity contribution in [3.8, 4) is 0 Å². The summed E-state index contributed by atoms with van der Waals surface area (Å²) in [6, 6.07) is 13.6. The Kier molecular flexibility index (Phi) is 4.99. The third-order valence-electron chi connectivity index (χ3n) is 7.41. The van der Waals surface area contributed by atoms with Crippen LogP contribution >= 0.6 is 0 Å². The van der Waals surface area contributed by atoms with Gasteiger partial charge in [0.05, 0.1) is 5.71 Å². The van der Waals surface area contributed by atoms with Crippen molar-refractivity contribution in [3.05, 3.63) is 83.3 Å². The lowest BCUT2D eigenvalue weighted by Gasteiger charge is -2.42. The van der Waals surface area contributed by atoms with Crippen LogP contribution in [0.4, 0.5) is 11.4 Å². The summed E-state index contributed by atoms with van der Waals surface area (Å²) in [5, 5.41) is 0. The van der Waals surface area contributed by atoms with Gasteiger partial charge in [0.25, 0.3) is 0 Å². The van der Waals surface area contributed by atoms with Crippen molar-refractivity contribution in [2.45, 2.75) is 84.4 Å². The molecule has 3 aliphatic heterocycles. The van der Waals surface area contributed by atoms with Gasteiger partial charge in [-0.1, -0.05) is 98.7 Å². The van der Waals surface area contributed by atoms with Crippen LogP contribution in [0.15, 0.2) is 66.1 Å². The Hall–Kier alpha value is -2.75. The molecule has 3 aliphatic rings. The van der Waals surface area contributed by atoms with Crippen LogP contribution < -0.4 is 9.62 Å². The number of allylic oxidation sites excluding steroid dienone is 1. The van der Waals surface area contributed by atoms with Crippen LogP contribution in [0.25, 0.3) is 0 Å². The van der Waals surface area contributed by atoms with Crippen molar-refractivity contribution < 1.29 is 0 Å². The van der Waals surface area contributed by atoms with E-state index in [1.54, 1.807) is 0 Å². The average Bonchev–Trinajstić information content (AvgIpc) is 3.38. The van der Waals surface area contributed by atoms with Crippen molar-refractivity contribution >= 4 is 24.1 Å². The number of rotatable bonds is 1. The van der Waals surface area contributed by atoms with E-state index >= 15 is 0 Å².